The lowest BCUT2D eigenvalue weighted by Gasteiger charge is -2.15. The van der Waals surface area contributed by atoms with Crippen molar-refractivity contribution in [3.8, 4) is 0 Å². The van der Waals surface area contributed by atoms with E-state index in [0.717, 1.165) is 31.0 Å². The van der Waals surface area contributed by atoms with Crippen molar-refractivity contribution in [1.82, 2.24) is 5.01 Å². The molecular weight excluding hydrogens is 246 g/mol. The van der Waals surface area contributed by atoms with Crippen LogP contribution >= 0.6 is 0 Å². The fourth-order valence-electron chi connectivity index (χ4n) is 1.91. The maximum atomic E-state index is 5.93. The zero-order valence-corrected chi connectivity index (χ0v) is 14.0. The van der Waals surface area contributed by atoms with Gasteiger partial charge in [0.25, 0.3) is 0 Å². The van der Waals surface area contributed by atoms with E-state index in [4.69, 9.17) is 11.6 Å². The normalized spacial score (nSPS) is 12.5. The summed E-state index contributed by atoms with van der Waals surface area (Å²) in [5.41, 5.74) is 6.84. The predicted molar refractivity (Wildman–Crippen MR) is 91.9 cm³/mol. The van der Waals surface area contributed by atoms with Gasteiger partial charge in [-0.1, -0.05) is 52.9 Å². The van der Waals surface area contributed by atoms with Crippen molar-refractivity contribution < 1.29 is 0 Å². The Morgan fingerprint density at radius 2 is 1.80 bits per heavy atom. The zero-order valence-electron chi connectivity index (χ0n) is 14.0. The molecule has 120 valence electrons. The van der Waals surface area contributed by atoms with Gasteiger partial charge in [-0.25, -0.2) is 5.84 Å². The number of rotatable bonds is 11. The lowest BCUT2D eigenvalue weighted by atomic mass is 10.0. The zero-order chi connectivity index (χ0) is 15.8. The SMILES string of the molecule is C=C.CCCCC/C(N)=C/N(N)CCCCC(C)CC. The third kappa shape index (κ3) is 15.1. The van der Waals surface area contributed by atoms with Gasteiger partial charge in [0.15, 0.2) is 0 Å². The van der Waals surface area contributed by atoms with Crippen LogP contribution in [0.4, 0.5) is 0 Å². The molecular formula is C17H37N3. The highest BCUT2D eigenvalue weighted by atomic mass is 15.4. The summed E-state index contributed by atoms with van der Waals surface area (Å²) >= 11 is 0. The highest BCUT2D eigenvalue weighted by Gasteiger charge is 2.00. The minimum absolute atomic E-state index is 0.839. The summed E-state index contributed by atoms with van der Waals surface area (Å²) < 4.78 is 0. The van der Waals surface area contributed by atoms with E-state index in [-0.39, 0.29) is 0 Å². The molecule has 0 aromatic heterocycles. The Bertz CT molecular complexity index is 226. The van der Waals surface area contributed by atoms with Gasteiger partial charge in [-0.3, -0.25) is 0 Å². The molecule has 0 heterocycles. The largest absolute Gasteiger partial charge is 0.401 e. The number of hydrogen-bond acceptors (Lipinski definition) is 3. The van der Waals surface area contributed by atoms with Crippen molar-refractivity contribution in [2.75, 3.05) is 6.54 Å². The molecule has 20 heavy (non-hydrogen) atoms. The van der Waals surface area contributed by atoms with E-state index in [1.807, 2.05) is 6.20 Å². The standard InChI is InChI=1S/C15H33N3.C2H4/c1-4-6-7-11-15(16)13-18(17)12-9-8-10-14(3)5-2;1-2/h13-14H,4-12,16-17H2,1-3H3;1-2H2/b15-13-;. The molecule has 0 aliphatic heterocycles. The number of hydrazine groups is 1. The molecule has 0 spiro atoms. The van der Waals surface area contributed by atoms with Gasteiger partial charge >= 0.3 is 0 Å². The molecule has 0 fully saturated rings. The molecule has 0 bridgehead atoms. The van der Waals surface area contributed by atoms with Crippen LogP contribution in [0, 0.1) is 5.92 Å². The molecule has 0 saturated heterocycles. The van der Waals surface area contributed by atoms with Crippen molar-refractivity contribution >= 4 is 0 Å². The first-order valence-corrected chi connectivity index (χ1v) is 8.07. The summed E-state index contributed by atoms with van der Waals surface area (Å²) in [6.45, 7) is 13.7. The van der Waals surface area contributed by atoms with Gasteiger partial charge in [0.05, 0.1) is 0 Å². The summed E-state index contributed by atoms with van der Waals surface area (Å²) in [6.07, 6.45) is 11.5. The Balaban J connectivity index is 0. The molecule has 0 aromatic rings. The Morgan fingerprint density at radius 3 is 2.35 bits per heavy atom. The quantitative estimate of drug-likeness (QED) is 0.253. The van der Waals surface area contributed by atoms with Gasteiger partial charge in [0, 0.05) is 18.4 Å². The first-order valence-electron chi connectivity index (χ1n) is 8.07. The Morgan fingerprint density at radius 1 is 1.15 bits per heavy atom. The van der Waals surface area contributed by atoms with Gasteiger partial charge in [-0.05, 0) is 25.2 Å². The molecule has 0 aliphatic rings. The van der Waals surface area contributed by atoms with Gasteiger partial charge < -0.3 is 10.7 Å². The first kappa shape index (κ1) is 21.3. The van der Waals surface area contributed by atoms with Crippen molar-refractivity contribution in [1.29, 1.82) is 0 Å². The lowest BCUT2D eigenvalue weighted by Crippen LogP contribution is -2.27. The molecule has 0 aromatic carbocycles. The van der Waals surface area contributed by atoms with E-state index in [2.05, 4.69) is 33.9 Å². The predicted octanol–water partition coefficient (Wildman–Crippen LogP) is 4.56. The summed E-state index contributed by atoms with van der Waals surface area (Å²) in [5, 5.41) is 1.75. The maximum Gasteiger partial charge on any atom is 0.0342 e. The van der Waals surface area contributed by atoms with E-state index in [9.17, 15) is 0 Å². The third-order valence-electron chi connectivity index (χ3n) is 3.46. The van der Waals surface area contributed by atoms with Crippen LogP contribution in [-0.2, 0) is 0 Å². The molecule has 0 aliphatic carbocycles. The molecule has 4 N–H and O–H groups in total. The highest BCUT2D eigenvalue weighted by molar-refractivity contribution is 4.94. The molecule has 1 unspecified atom stereocenters. The fraction of sp³-hybridized carbons (Fsp3) is 0.765. The maximum absolute atomic E-state index is 5.93. The Hall–Kier alpha value is -0.960. The van der Waals surface area contributed by atoms with E-state index < -0.39 is 0 Å². The number of hydrogen-bond donors (Lipinski definition) is 2. The van der Waals surface area contributed by atoms with Crippen LogP contribution in [0.3, 0.4) is 0 Å². The second-order valence-corrected chi connectivity index (χ2v) is 5.41. The molecule has 3 heteroatoms. The summed E-state index contributed by atoms with van der Waals surface area (Å²) in [6, 6.07) is 0. The summed E-state index contributed by atoms with van der Waals surface area (Å²) in [7, 11) is 0. The van der Waals surface area contributed by atoms with Crippen LogP contribution in [0.15, 0.2) is 25.1 Å². The smallest absolute Gasteiger partial charge is 0.0342 e. The molecule has 3 nitrogen and oxygen atoms in total. The van der Waals surface area contributed by atoms with Gasteiger partial charge in [-0.2, -0.15) is 0 Å². The van der Waals surface area contributed by atoms with Crippen LogP contribution < -0.4 is 11.6 Å². The lowest BCUT2D eigenvalue weighted by molar-refractivity contribution is 0.363. The van der Waals surface area contributed by atoms with Crippen molar-refractivity contribution in [3.63, 3.8) is 0 Å². The second kappa shape index (κ2) is 16.1. The molecule has 0 saturated carbocycles. The number of nitrogens with two attached hydrogens (primary N) is 2. The summed E-state index contributed by atoms with van der Waals surface area (Å²) in [4.78, 5) is 0. The van der Waals surface area contributed by atoms with Crippen LogP contribution in [0.25, 0.3) is 0 Å². The van der Waals surface area contributed by atoms with E-state index in [1.165, 1.54) is 38.5 Å². The minimum Gasteiger partial charge on any atom is -0.401 e. The summed E-state index contributed by atoms with van der Waals surface area (Å²) in [5.74, 6) is 6.74. The van der Waals surface area contributed by atoms with Gasteiger partial charge in [-0.15, -0.1) is 13.2 Å². The van der Waals surface area contributed by atoms with Gasteiger partial charge in [0.1, 0.15) is 0 Å². The van der Waals surface area contributed by atoms with E-state index in [0.29, 0.717) is 0 Å². The minimum atomic E-state index is 0.839. The monoisotopic (exact) mass is 283 g/mol. The van der Waals surface area contributed by atoms with Crippen LogP contribution in [-0.4, -0.2) is 11.6 Å². The first-order chi connectivity index (χ1) is 9.60. The number of nitrogens with zero attached hydrogens (tertiary/aromatic N) is 1. The Kier molecular flexibility index (Phi) is 17.2. The molecule has 0 rings (SSSR count). The number of unbranched alkanes of at least 4 members (excludes halogenated alkanes) is 3. The fourth-order valence-corrected chi connectivity index (χ4v) is 1.91. The van der Waals surface area contributed by atoms with E-state index in [1.54, 1.807) is 5.01 Å². The molecule has 1 atom stereocenters. The second-order valence-electron chi connectivity index (χ2n) is 5.41. The Labute approximate surface area is 127 Å². The van der Waals surface area contributed by atoms with Crippen molar-refractivity contribution in [2.45, 2.75) is 72.1 Å². The van der Waals surface area contributed by atoms with Crippen molar-refractivity contribution in [3.05, 3.63) is 25.1 Å². The van der Waals surface area contributed by atoms with Crippen LogP contribution in [0.5, 0.6) is 0 Å². The average molecular weight is 284 g/mol. The van der Waals surface area contributed by atoms with Gasteiger partial charge in [0.2, 0.25) is 0 Å². The van der Waals surface area contributed by atoms with Crippen LogP contribution in [0.2, 0.25) is 0 Å². The van der Waals surface area contributed by atoms with Crippen molar-refractivity contribution in [2.24, 2.45) is 17.5 Å². The molecule has 0 radical (unpaired) electrons. The highest BCUT2D eigenvalue weighted by Crippen LogP contribution is 2.11. The van der Waals surface area contributed by atoms with Crippen LogP contribution in [0.1, 0.15) is 72.1 Å². The van der Waals surface area contributed by atoms with E-state index >= 15 is 0 Å². The molecule has 0 amide bonds. The topological polar surface area (TPSA) is 55.3 Å². The third-order valence-corrected chi connectivity index (χ3v) is 3.46. The average Bonchev–Trinajstić information content (AvgIpc) is 2.45. The number of allylic oxidation sites excluding steroid dienone is 1.